The van der Waals surface area contributed by atoms with Crippen molar-refractivity contribution in [3.05, 3.63) is 97.3 Å². The number of aryl methyl sites for hydroxylation is 3. The number of imidazole rings is 1. The van der Waals surface area contributed by atoms with E-state index < -0.39 is 0 Å². The zero-order valence-corrected chi connectivity index (χ0v) is 20.5. The predicted octanol–water partition coefficient (Wildman–Crippen LogP) is 5.36. The van der Waals surface area contributed by atoms with Gasteiger partial charge in [0.05, 0.1) is 22.2 Å². The number of hydrogen-bond donors (Lipinski definition) is 0. The van der Waals surface area contributed by atoms with Crippen LogP contribution in [0, 0.1) is 20.8 Å². The molecule has 34 heavy (non-hydrogen) atoms. The summed E-state index contributed by atoms with van der Waals surface area (Å²) in [4.78, 5) is 18.6. The molecule has 0 radical (unpaired) electrons. The van der Waals surface area contributed by atoms with E-state index in [2.05, 4.69) is 50.0 Å². The molecule has 5 rings (SSSR count). The number of rotatable bonds is 6. The van der Waals surface area contributed by atoms with E-state index in [4.69, 9.17) is 9.47 Å². The van der Waals surface area contributed by atoms with Crippen LogP contribution in [0.1, 0.15) is 34.7 Å². The van der Waals surface area contributed by atoms with Crippen molar-refractivity contribution < 1.29 is 9.47 Å². The maximum absolute atomic E-state index is 13.2. The minimum absolute atomic E-state index is 0.0524. The van der Waals surface area contributed by atoms with Crippen LogP contribution < -0.4 is 19.6 Å². The van der Waals surface area contributed by atoms with E-state index in [-0.39, 0.29) is 5.56 Å². The van der Waals surface area contributed by atoms with Crippen LogP contribution in [0.25, 0.3) is 22.1 Å². The van der Waals surface area contributed by atoms with E-state index in [1.807, 2.05) is 43.3 Å². The first-order chi connectivity index (χ1) is 16.4. The number of thiazole rings is 1. The molecule has 0 unspecified atom stereocenters. The lowest BCUT2D eigenvalue weighted by Gasteiger charge is -2.13. The first-order valence-corrected chi connectivity index (χ1v) is 12.1. The van der Waals surface area contributed by atoms with Gasteiger partial charge in [0.25, 0.3) is 5.56 Å². The fourth-order valence-electron chi connectivity index (χ4n) is 3.92. The molecule has 0 N–H and O–H groups in total. The Labute approximate surface area is 201 Å². The lowest BCUT2D eigenvalue weighted by atomic mass is 10.1. The third-order valence-electron chi connectivity index (χ3n) is 5.93. The van der Waals surface area contributed by atoms with Crippen molar-refractivity contribution in [1.82, 2.24) is 9.38 Å². The number of nitrogens with zero attached hydrogens (tertiary/aromatic N) is 2. The third kappa shape index (κ3) is 4.17. The summed E-state index contributed by atoms with van der Waals surface area (Å²) in [5, 5.41) is 0. The molecule has 2 aromatic heterocycles. The molecule has 0 bridgehead atoms. The molecule has 0 amide bonds. The maximum atomic E-state index is 13.2. The van der Waals surface area contributed by atoms with Crippen molar-refractivity contribution in [3.63, 3.8) is 0 Å². The summed E-state index contributed by atoms with van der Waals surface area (Å²) in [7, 11) is 0. The molecule has 0 spiro atoms. The molecule has 172 valence electrons. The molecule has 6 heteroatoms. The fourth-order valence-corrected chi connectivity index (χ4v) is 4.90. The Morgan fingerprint density at radius 1 is 0.941 bits per heavy atom. The molecule has 2 heterocycles. The van der Waals surface area contributed by atoms with E-state index in [0.717, 1.165) is 27.7 Å². The minimum Gasteiger partial charge on any atom is -0.490 e. The van der Waals surface area contributed by atoms with E-state index in [1.165, 1.54) is 22.5 Å². The second-order valence-corrected chi connectivity index (χ2v) is 9.49. The topological polar surface area (TPSA) is 52.8 Å². The van der Waals surface area contributed by atoms with Crippen LogP contribution in [0.2, 0.25) is 0 Å². The van der Waals surface area contributed by atoms with E-state index >= 15 is 0 Å². The summed E-state index contributed by atoms with van der Waals surface area (Å²) in [6.07, 6.45) is 1.89. The second-order valence-electron chi connectivity index (χ2n) is 8.48. The Morgan fingerprint density at radius 2 is 1.71 bits per heavy atom. The van der Waals surface area contributed by atoms with Crippen LogP contribution in [0.4, 0.5) is 0 Å². The van der Waals surface area contributed by atoms with Crippen molar-refractivity contribution in [1.29, 1.82) is 0 Å². The molecule has 3 aromatic carbocycles. The summed E-state index contributed by atoms with van der Waals surface area (Å²) >= 11 is 1.40. The van der Waals surface area contributed by atoms with Gasteiger partial charge in [-0.15, -0.1) is 0 Å². The van der Waals surface area contributed by atoms with Crippen LogP contribution in [0.3, 0.4) is 0 Å². The molecule has 0 saturated heterocycles. The number of fused-ring (bicyclic) bond motifs is 3. The van der Waals surface area contributed by atoms with Gasteiger partial charge in [-0.1, -0.05) is 47.2 Å². The predicted molar refractivity (Wildman–Crippen MR) is 138 cm³/mol. The molecular weight excluding hydrogens is 444 g/mol. The largest absolute Gasteiger partial charge is 0.490 e. The Bertz CT molecular complexity index is 1610. The van der Waals surface area contributed by atoms with Crippen LogP contribution in [0.15, 0.2) is 59.4 Å². The van der Waals surface area contributed by atoms with Gasteiger partial charge in [-0.25, -0.2) is 9.38 Å². The van der Waals surface area contributed by atoms with Crippen molar-refractivity contribution in [2.45, 2.75) is 34.3 Å². The Balaban J connectivity index is 1.49. The maximum Gasteiger partial charge on any atom is 0.274 e. The van der Waals surface area contributed by atoms with Gasteiger partial charge in [0, 0.05) is 0 Å². The van der Waals surface area contributed by atoms with Crippen molar-refractivity contribution in [3.8, 4) is 11.5 Å². The first kappa shape index (κ1) is 22.2. The lowest BCUT2D eigenvalue weighted by molar-refractivity contribution is 0.269. The monoisotopic (exact) mass is 470 g/mol. The van der Waals surface area contributed by atoms with Crippen LogP contribution >= 0.6 is 11.3 Å². The molecular formula is C28H26N2O3S. The standard InChI is InChI=1S/C28H26N2O3S/c1-5-32-25-14-21(10-11-24(25)33-16-20-8-6-17(2)7-9-20)15-26-27(31)30-23-13-19(4)18(3)12-22(23)29-28(30)34-26/h6-15H,5,16H2,1-4H3. The van der Waals surface area contributed by atoms with Gasteiger partial charge in [0.1, 0.15) is 6.61 Å². The van der Waals surface area contributed by atoms with Crippen LogP contribution in [-0.2, 0) is 6.61 Å². The summed E-state index contributed by atoms with van der Waals surface area (Å²) in [6, 6.07) is 18.1. The summed E-state index contributed by atoms with van der Waals surface area (Å²) in [5.41, 5.74) is 7.17. The number of ether oxygens (including phenoxy) is 2. The highest BCUT2D eigenvalue weighted by atomic mass is 32.1. The Hall–Kier alpha value is -3.64. The van der Waals surface area contributed by atoms with E-state index in [0.29, 0.717) is 34.2 Å². The third-order valence-corrected chi connectivity index (χ3v) is 6.90. The van der Waals surface area contributed by atoms with Gasteiger partial charge in [-0.05, 0) is 80.3 Å². The molecule has 0 atom stereocenters. The molecule has 0 aliphatic carbocycles. The fraction of sp³-hybridized carbons (Fsp3) is 0.214. The van der Waals surface area contributed by atoms with Crippen LogP contribution in [-0.4, -0.2) is 16.0 Å². The Kier molecular flexibility index (Phi) is 5.84. The van der Waals surface area contributed by atoms with Crippen molar-refractivity contribution >= 4 is 33.4 Å². The van der Waals surface area contributed by atoms with Crippen molar-refractivity contribution in [2.24, 2.45) is 0 Å². The number of hydrogen-bond acceptors (Lipinski definition) is 5. The Morgan fingerprint density at radius 3 is 2.47 bits per heavy atom. The molecule has 5 nitrogen and oxygen atoms in total. The summed E-state index contributed by atoms with van der Waals surface area (Å²) < 4.78 is 14.2. The average molecular weight is 471 g/mol. The SMILES string of the molecule is CCOc1cc(C=c2sc3nc4cc(C)c(C)cc4n3c2=O)ccc1OCc1ccc(C)cc1. The highest BCUT2D eigenvalue weighted by Gasteiger charge is 2.13. The number of aromatic nitrogens is 2. The second kappa shape index (κ2) is 8.95. The van der Waals surface area contributed by atoms with E-state index in [1.54, 1.807) is 4.40 Å². The average Bonchev–Trinajstić information content (AvgIpc) is 3.30. The molecule has 0 aliphatic heterocycles. The van der Waals surface area contributed by atoms with Crippen molar-refractivity contribution in [2.75, 3.05) is 6.61 Å². The quantitative estimate of drug-likeness (QED) is 0.335. The normalized spacial score (nSPS) is 12.1. The highest BCUT2D eigenvalue weighted by Crippen LogP contribution is 2.30. The minimum atomic E-state index is -0.0524. The lowest BCUT2D eigenvalue weighted by Crippen LogP contribution is -2.22. The highest BCUT2D eigenvalue weighted by molar-refractivity contribution is 7.15. The molecule has 0 saturated carbocycles. The molecule has 0 fully saturated rings. The van der Waals surface area contributed by atoms with E-state index in [9.17, 15) is 4.79 Å². The van der Waals surface area contributed by atoms with Gasteiger partial charge in [0.15, 0.2) is 16.5 Å². The zero-order chi connectivity index (χ0) is 23.8. The zero-order valence-electron chi connectivity index (χ0n) is 19.7. The smallest absolute Gasteiger partial charge is 0.274 e. The summed E-state index contributed by atoms with van der Waals surface area (Å²) in [6.45, 7) is 9.10. The van der Waals surface area contributed by atoms with Crippen LogP contribution in [0.5, 0.6) is 11.5 Å². The van der Waals surface area contributed by atoms with Gasteiger partial charge >= 0.3 is 0 Å². The molecule has 5 aromatic rings. The number of benzene rings is 3. The summed E-state index contributed by atoms with van der Waals surface area (Å²) in [5.74, 6) is 1.34. The van der Waals surface area contributed by atoms with Gasteiger partial charge < -0.3 is 9.47 Å². The van der Waals surface area contributed by atoms with Gasteiger partial charge in [-0.3, -0.25) is 4.79 Å². The van der Waals surface area contributed by atoms with Gasteiger partial charge in [-0.2, -0.15) is 0 Å². The molecule has 0 aliphatic rings. The first-order valence-electron chi connectivity index (χ1n) is 11.3. The van der Waals surface area contributed by atoms with Gasteiger partial charge in [0.2, 0.25) is 0 Å².